The lowest BCUT2D eigenvalue weighted by atomic mass is 10.2. The lowest BCUT2D eigenvalue weighted by molar-refractivity contribution is -0.119. The third-order valence-corrected chi connectivity index (χ3v) is 3.18. The zero-order valence-corrected chi connectivity index (χ0v) is 15.6. The lowest BCUT2D eigenvalue weighted by Gasteiger charge is -2.27. The molecule has 2 heterocycles. The highest BCUT2D eigenvalue weighted by atomic mass is 19.4. The molecule has 0 bridgehead atoms. The molecule has 0 aromatic carbocycles. The van der Waals surface area contributed by atoms with Crippen molar-refractivity contribution in [2.75, 3.05) is 18.5 Å². The van der Waals surface area contributed by atoms with Gasteiger partial charge in [-0.15, -0.1) is 0 Å². The molecule has 2 aromatic rings. The summed E-state index contributed by atoms with van der Waals surface area (Å²) in [5, 5.41) is 2.37. The summed E-state index contributed by atoms with van der Waals surface area (Å²) in [6, 6.07) is 2.61. The van der Waals surface area contributed by atoms with Gasteiger partial charge < -0.3 is 14.5 Å². The molecular weight excluding hydrogens is 381 g/mol. The average Bonchev–Trinajstić information content (AvgIpc) is 3.07. The summed E-state index contributed by atoms with van der Waals surface area (Å²) in [7, 11) is 1.41. The summed E-state index contributed by atoms with van der Waals surface area (Å²) in [5.41, 5.74) is -0.769. The van der Waals surface area contributed by atoms with E-state index in [4.69, 9.17) is 9.15 Å². The van der Waals surface area contributed by atoms with E-state index >= 15 is 0 Å². The zero-order valence-electron chi connectivity index (χ0n) is 15.6. The van der Waals surface area contributed by atoms with Crippen LogP contribution >= 0.6 is 0 Å². The highest BCUT2D eigenvalue weighted by Crippen LogP contribution is 2.27. The van der Waals surface area contributed by atoms with Crippen molar-refractivity contribution < 1.29 is 31.9 Å². The van der Waals surface area contributed by atoms with Gasteiger partial charge in [0.05, 0.1) is 0 Å². The normalized spacial score (nSPS) is 11.8. The van der Waals surface area contributed by atoms with E-state index in [1.54, 1.807) is 0 Å². The molecule has 28 heavy (non-hydrogen) atoms. The zero-order chi connectivity index (χ0) is 21.1. The van der Waals surface area contributed by atoms with Gasteiger partial charge in [-0.3, -0.25) is 9.69 Å². The number of carbonyl (C=O) groups excluding carboxylic acids is 2. The largest absolute Gasteiger partial charge is 0.444 e. The average molecular weight is 400 g/mol. The fourth-order valence-electron chi connectivity index (χ4n) is 2.07. The minimum Gasteiger partial charge on any atom is -0.444 e. The number of amides is 2. The fourth-order valence-corrected chi connectivity index (χ4v) is 2.07. The molecule has 2 amide bonds. The van der Waals surface area contributed by atoms with Crippen LogP contribution < -0.4 is 10.2 Å². The number of hydrogen-bond acceptors (Lipinski definition) is 6. The highest BCUT2D eigenvalue weighted by molar-refractivity contribution is 5.92. The van der Waals surface area contributed by atoms with Gasteiger partial charge in [0, 0.05) is 18.8 Å². The smallest absolute Gasteiger partial charge is 0.416 e. The fraction of sp³-hybridized carbons (Fsp3) is 0.412. The van der Waals surface area contributed by atoms with E-state index in [1.807, 2.05) is 0 Å². The van der Waals surface area contributed by atoms with Crippen molar-refractivity contribution in [3.05, 3.63) is 30.3 Å². The summed E-state index contributed by atoms with van der Waals surface area (Å²) in [4.78, 5) is 32.0. The van der Waals surface area contributed by atoms with Crippen LogP contribution in [0.5, 0.6) is 0 Å². The SMILES string of the molecule is CNC(=O)c1coc(-c2ccnc(N(CC(F)(F)F)C(=O)OC(C)(C)C)c2)n1. The Bertz CT molecular complexity index is 859. The summed E-state index contributed by atoms with van der Waals surface area (Å²) < 4.78 is 49.2. The van der Waals surface area contributed by atoms with Crippen molar-refractivity contribution in [3.8, 4) is 11.5 Å². The molecule has 0 saturated carbocycles. The maximum atomic E-state index is 13.0. The van der Waals surface area contributed by atoms with Crippen LogP contribution in [-0.4, -0.2) is 47.3 Å². The van der Waals surface area contributed by atoms with E-state index in [2.05, 4.69) is 15.3 Å². The van der Waals surface area contributed by atoms with Crippen LogP contribution in [0.3, 0.4) is 0 Å². The first-order valence-electron chi connectivity index (χ1n) is 8.11. The van der Waals surface area contributed by atoms with Crippen molar-refractivity contribution in [3.63, 3.8) is 0 Å². The summed E-state index contributed by atoms with van der Waals surface area (Å²) in [5.74, 6) is -0.807. The van der Waals surface area contributed by atoms with Crippen LogP contribution in [0.25, 0.3) is 11.5 Å². The van der Waals surface area contributed by atoms with Crippen LogP contribution in [0.4, 0.5) is 23.8 Å². The molecule has 0 radical (unpaired) electrons. The first kappa shape index (κ1) is 21.2. The number of alkyl halides is 3. The minimum atomic E-state index is -4.68. The topological polar surface area (TPSA) is 97.6 Å². The number of rotatable bonds is 4. The van der Waals surface area contributed by atoms with Crippen molar-refractivity contribution in [1.82, 2.24) is 15.3 Å². The van der Waals surface area contributed by atoms with Crippen LogP contribution in [-0.2, 0) is 4.74 Å². The lowest BCUT2D eigenvalue weighted by Crippen LogP contribution is -2.42. The Labute approximate surface area is 158 Å². The van der Waals surface area contributed by atoms with E-state index < -0.39 is 30.3 Å². The molecular formula is C17H19F3N4O4. The standard InChI is InChI=1S/C17H19F3N4O4/c1-16(2,3)28-15(26)24(9-17(18,19)20)12-7-10(5-6-22-12)14-23-11(8-27-14)13(25)21-4/h5-8H,9H2,1-4H3,(H,21,25). The maximum absolute atomic E-state index is 13.0. The van der Waals surface area contributed by atoms with E-state index in [0.717, 1.165) is 6.26 Å². The molecule has 0 unspecified atom stereocenters. The van der Waals surface area contributed by atoms with Crippen LogP contribution in [0.15, 0.2) is 29.0 Å². The van der Waals surface area contributed by atoms with Crippen molar-refractivity contribution in [2.24, 2.45) is 0 Å². The van der Waals surface area contributed by atoms with Gasteiger partial charge in [0.1, 0.15) is 24.2 Å². The van der Waals surface area contributed by atoms with Gasteiger partial charge in [0.15, 0.2) is 5.69 Å². The molecule has 11 heteroatoms. The van der Waals surface area contributed by atoms with Gasteiger partial charge >= 0.3 is 12.3 Å². The first-order valence-corrected chi connectivity index (χ1v) is 8.11. The maximum Gasteiger partial charge on any atom is 0.416 e. The number of carbonyl (C=O) groups is 2. The number of oxazole rings is 1. The van der Waals surface area contributed by atoms with Gasteiger partial charge in [-0.2, -0.15) is 13.2 Å². The second-order valence-corrected chi connectivity index (χ2v) is 6.70. The minimum absolute atomic E-state index is 0.00449. The number of nitrogens with zero attached hydrogens (tertiary/aromatic N) is 3. The first-order chi connectivity index (χ1) is 12.9. The number of ether oxygens (including phenoxy) is 1. The van der Waals surface area contributed by atoms with Crippen molar-refractivity contribution >= 4 is 17.8 Å². The number of halogens is 3. The molecule has 0 spiro atoms. The van der Waals surface area contributed by atoms with Crippen molar-refractivity contribution in [2.45, 2.75) is 32.5 Å². The Balaban J connectivity index is 2.39. The Morgan fingerprint density at radius 3 is 2.54 bits per heavy atom. The second kappa shape index (κ2) is 7.87. The van der Waals surface area contributed by atoms with Gasteiger partial charge in [-0.25, -0.2) is 14.8 Å². The molecule has 2 aromatic heterocycles. The molecule has 0 aliphatic rings. The molecule has 1 N–H and O–H groups in total. The molecule has 0 fully saturated rings. The Hall–Kier alpha value is -3.11. The summed E-state index contributed by atoms with van der Waals surface area (Å²) in [6.45, 7) is 3.02. The Kier molecular flexibility index (Phi) is 5.95. The third-order valence-electron chi connectivity index (χ3n) is 3.18. The molecule has 2 rings (SSSR count). The van der Waals surface area contributed by atoms with Gasteiger partial charge in [0.25, 0.3) is 5.91 Å². The number of nitrogens with one attached hydrogen (secondary N) is 1. The molecule has 0 aliphatic heterocycles. The van der Waals surface area contributed by atoms with Crippen LogP contribution in [0.1, 0.15) is 31.3 Å². The van der Waals surface area contributed by atoms with E-state index in [0.29, 0.717) is 4.90 Å². The van der Waals surface area contributed by atoms with E-state index in [1.165, 1.54) is 46.1 Å². The van der Waals surface area contributed by atoms with Gasteiger partial charge in [-0.1, -0.05) is 0 Å². The van der Waals surface area contributed by atoms with Gasteiger partial charge in [0.2, 0.25) is 5.89 Å². The van der Waals surface area contributed by atoms with Crippen LogP contribution in [0, 0.1) is 0 Å². The summed E-state index contributed by atoms with van der Waals surface area (Å²) >= 11 is 0. The molecule has 152 valence electrons. The Morgan fingerprint density at radius 2 is 1.96 bits per heavy atom. The van der Waals surface area contributed by atoms with Crippen molar-refractivity contribution in [1.29, 1.82) is 0 Å². The van der Waals surface area contributed by atoms with E-state index in [-0.39, 0.29) is 23.0 Å². The third kappa shape index (κ3) is 5.69. The van der Waals surface area contributed by atoms with Gasteiger partial charge in [-0.05, 0) is 32.9 Å². The highest BCUT2D eigenvalue weighted by Gasteiger charge is 2.36. The number of anilines is 1. The predicted octanol–water partition coefficient (Wildman–Crippen LogP) is 3.40. The second-order valence-electron chi connectivity index (χ2n) is 6.70. The monoisotopic (exact) mass is 400 g/mol. The number of pyridine rings is 1. The molecule has 0 atom stereocenters. The predicted molar refractivity (Wildman–Crippen MR) is 92.8 cm³/mol. The van der Waals surface area contributed by atoms with E-state index in [9.17, 15) is 22.8 Å². The number of aromatic nitrogens is 2. The Morgan fingerprint density at radius 1 is 1.29 bits per heavy atom. The molecule has 0 saturated heterocycles. The summed E-state index contributed by atoms with van der Waals surface area (Å²) in [6.07, 6.45) is -3.57. The quantitative estimate of drug-likeness (QED) is 0.845. The molecule has 0 aliphatic carbocycles. The number of hydrogen-bond donors (Lipinski definition) is 1. The molecule has 8 nitrogen and oxygen atoms in total. The van der Waals surface area contributed by atoms with Crippen LogP contribution in [0.2, 0.25) is 0 Å².